The Morgan fingerprint density at radius 3 is 2.67 bits per heavy atom. The minimum absolute atomic E-state index is 0.0964. The van der Waals surface area contributed by atoms with Gasteiger partial charge in [0.05, 0.1) is 5.69 Å². The molecule has 1 saturated heterocycles. The van der Waals surface area contributed by atoms with Crippen molar-refractivity contribution in [3.05, 3.63) is 64.4 Å². The minimum Gasteiger partial charge on any atom is -0.368 e. The molecule has 2 unspecified atom stereocenters. The normalized spacial score (nSPS) is 22.3. The summed E-state index contributed by atoms with van der Waals surface area (Å²) in [4.78, 5) is 2.29. The van der Waals surface area contributed by atoms with Gasteiger partial charge in [-0.25, -0.2) is 4.39 Å². The molecule has 2 aromatic carbocycles. The number of para-hydroxylation sites is 1. The van der Waals surface area contributed by atoms with Crippen LogP contribution >= 0.6 is 15.9 Å². The van der Waals surface area contributed by atoms with E-state index in [1.54, 1.807) is 12.1 Å². The molecule has 0 aromatic heterocycles. The van der Waals surface area contributed by atoms with Crippen LogP contribution in [0.15, 0.2) is 53.0 Å². The van der Waals surface area contributed by atoms with Gasteiger partial charge in [0.1, 0.15) is 5.82 Å². The van der Waals surface area contributed by atoms with Gasteiger partial charge in [-0.2, -0.15) is 0 Å². The number of nitrogens with two attached hydrogens (primary N) is 1. The molecule has 0 radical (unpaired) electrons. The SMILES string of the molecule is NC1CC(c2cccc(F)c2)CN(c2ccccc2Br)C1. The summed E-state index contributed by atoms with van der Waals surface area (Å²) in [6.45, 7) is 1.69. The topological polar surface area (TPSA) is 29.3 Å². The van der Waals surface area contributed by atoms with Gasteiger partial charge in [-0.15, -0.1) is 0 Å². The third kappa shape index (κ3) is 3.27. The van der Waals surface area contributed by atoms with E-state index in [2.05, 4.69) is 26.9 Å². The maximum Gasteiger partial charge on any atom is 0.123 e. The molecule has 1 aliphatic rings. The van der Waals surface area contributed by atoms with Gasteiger partial charge in [0.25, 0.3) is 0 Å². The summed E-state index contributed by atoms with van der Waals surface area (Å²) in [7, 11) is 0. The summed E-state index contributed by atoms with van der Waals surface area (Å²) >= 11 is 3.60. The van der Waals surface area contributed by atoms with E-state index in [4.69, 9.17) is 5.73 Å². The summed E-state index contributed by atoms with van der Waals surface area (Å²) in [6.07, 6.45) is 0.893. The molecule has 21 heavy (non-hydrogen) atoms. The van der Waals surface area contributed by atoms with Gasteiger partial charge >= 0.3 is 0 Å². The van der Waals surface area contributed by atoms with Crippen LogP contribution in [-0.4, -0.2) is 19.1 Å². The lowest BCUT2D eigenvalue weighted by atomic mass is 9.88. The molecular formula is C17H18BrFN2. The van der Waals surface area contributed by atoms with E-state index in [-0.39, 0.29) is 17.8 Å². The number of anilines is 1. The molecule has 2 aromatic rings. The molecular weight excluding hydrogens is 331 g/mol. The smallest absolute Gasteiger partial charge is 0.123 e. The lowest BCUT2D eigenvalue weighted by molar-refractivity contribution is 0.452. The second-order valence-corrected chi connectivity index (χ2v) is 6.46. The highest BCUT2D eigenvalue weighted by Gasteiger charge is 2.27. The van der Waals surface area contributed by atoms with Crippen LogP contribution in [-0.2, 0) is 0 Å². The Hall–Kier alpha value is -1.39. The zero-order valence-corrected chi connectivity index (χ0v) is 13.3. The van der Waals surface area contributed by atoms with Crippen LogP contribution in [0.25, 0.3) is 0 Å². The van der Waals surface area contributed by atoms with Crippen molar-refractivity contribution in [1.82, 2.24) is 0 Å². The lowest BCUT2D eigenvalue weighted by Gasteiger charge is -2.38. The Morgan fingerprint density at radius 1 is 1.10 bits per heavy atom. The first-order valence-electron chi connectivity index (χ1n) is 7.14. The summed E-state index contributed by atoms with van der Waals surface area (Å²) in [5, 5.41) is 0. The highest BCUT2D eigenvalue weighted by molar-refractivity contribution is 9.10. The van der Waals surface area contributed by atoms with Crippen LogP contribution < -0.4 is 10.6 Å². The van der Waals surface area contributed by atoms with Crippen LogP contribution in [0.3, 0.4) is 0 Å². The molecule has 1 aliphatic heterocycles. The molecule has 0 spiro atoms. The fraction of sp³-hybridized carbons (Fsp3) is 0.294. The van der Waals surface area contributed by atoms with E-state index in [0.29, 0.717) is 0 Å². The van der Waals surface area contributed by atoms with E-state index in [1.165, 1.54) is 6.07 Å². The van der Waals surface area contributed by atoms with Crippen molar-refractivity contribution in [3.63, 3.8) is 0 Å². The van der Waals surface area contributed by atoms with Gasteiger partial charge in [0, 0.05) is 29.5 Å². The third-order valence-corrected chi connectivity index (χ3v) is 4.67. The van der Waals surface area contributed by atoms with Crippen LogP contribution in [0.2, 0.25) is 0 Å². The molecule has 2 atom stereocenters. The van der Waals surface area contributed by atoms with Crippen LogP contribution in [0.1, 0.15) is 17.9 Å². The first-order valence-corrected chi connectivity index (χ1v) is 7.93. The van der Waals surface area contributed by atoms with Gasteiger partial charge < -0.3 is 10.6 Å². The van der Waals surface area contributed by atoms with Crippen molar-refractivity contribution < 1.29 is 4.39 Å². The summed E-state index contributed by atoms with van der Waals surface area (Å²) in [5.41, 5.74) is 8.40. The Balaban J connectivity index is 1.87. The first kappa shape index (κ1) is 14.5. The average molecular weight is 349 g/mol. The van der Waals surface area contributed by atoms with E-state index in [0.717, 1.165) is 35.2 Å². The highest BCUT2D eigenvalue weighted by atomic mass is 79.9. The van der Waals surface area contributed by atoms with Crippen molar-refractivity contribution >= 4 is 21.6 Å². The zero-order chi connectivity index (χ0) is 14.8. The molecule has 4 heteroatoms. The Labute approximate surface area is 132 Å². The van der Waals surface area contributed by atoms with Crippen LogP contribution in [0.4, 0.5) is 10.1 Å². The standard InChI is InChI=1S/C17H18BrFN2/c18-16-6-1-2-7-17(16)21-10-13(9-15(20)11-21)12-4-3-5-14(19)8-12/h1-8,13,15H,9-11,20H2. The first-order chi connectivity index (χ1) is 10.1. The zero-order valence-electron chi connectivity index (χ0n) is 11.7. The van der Waals surface area contributed by atoms with Gasteiger partial charge in [-0.05, 0) is 52.2 Å². The Morgan fingerprint density at radius 2 is 1.90 bits per heavy atom. The molecule has 1 fully saturated rings. The number of piperidine rings is 1. The highest BCUT2D eigenvalue weighted by Crippen LogP contribution is 2.33. The maximum atomic E-state index is 13.5. The van der Waals surface area contributed by atoms with Gasteiger partial charge in [0.15, 0.2) is 0 Å². The second-order valence-electron chi connectivity index (χ2n) is 5.60. The molecule has 0 saturated carbocycles. The molecule has 2 nitrogen and oxygen atoms in total. The van der Waals surface area contributed by atoms with E-state index in [1.807, 2.05) is 24.3 Å². The third-order valence-electron chi connectivity index (χ3n) is 4.00. The molecule has 3 rings (SSSR count). The molecule has 110 valence electrons. The molecule has 0 amide bonds. The molecule has 0 aliphatic carbocycles. The van der Waals surface area contributed by atoms with E-state index in [9.17, 15) is 4.39 Å². The number of nitrogens with zero attached hydrogens (tertiary/aromatic N) is 1. The minimum atomic E-state index is -0.181. The quantitative estimate of drug-likeness (QED) is 0.891. The number of halogens is 2. The largest absolute Gasteiger partial charge is 0.368 e. The van der Waals surface area contributed by atoms with Crippen molar-refractivity contribution in [2.45, 2.75) is 18.4 Å². The summed E-state index contributed by atoms with van der Waals surface area (Å²) in [5.74, 6) is 0.0793. The van der Waals surface area contributed by atoms with Crippen molar-refractivity contribution in [2.75, 3.05) is 18.0 Å². The number of benzene rings is 2. The monoisotopic (exact) mass is 348 g/mol. The number of rotatable bonds is 2. The number of hydrogen-bond acceptors (Lipinski definition) is 2. The number of hydrogen-bond donors (Lipinski definition) is 1. The van der Waals surface area contributed by atoms with Crippen molar-refractivity contribution in [2.24, 2.45) is 5.73 Å². The summed E-state index contributed by atoms with van der Waals surface area (Å²) in [6, 6.07) is 15.1. The van der Waals surface area contributed by atoms with E-state index < -0.39 is 0 Å². The predicted molar refractivity (Wildman–Crippen MR) is 88.1 cm³/mol. The second kappa shape index (κ2) is 6.16. The predicted octanol–water partition coefficient (Wildman–Crippen LogP) is 3.91. The fourth-order valence-electron chi connectivity index (χ4n) is 3.05. The van der Waals surface area contributed by atoms with Crippen molar-refractivity contribution in [3.8, 4) is 0 Å². The lowest BCUT2D eigenvalue weighted by Crippen LogP contribution is -2.46. The summed E-state index contributed by atoms with van der Waals surface area (Å²) < 4.78 is 14.5. The fourth-order valence-corrected chi connectivity index (χ4v) is 3.58. The molecule has 1 heterocycles. The molecule has 2 N–H and O–H groups in total. The maximum absolute atomic E-state index is 13.5. The average Bonchev–Trinajstić information content (AvgIpc) is 2.47. The Bertz CT molecular complexity index is 632. The van der Waals surface area contributed by atoms with Crippen molar-refractivity contribution in [1.29, 1.82) is 0 Å². The molecule has 0 bridgehead atoms. The van der Waals surface area contributed by atoms with E-state index >= 15 is 0 Å². The Kier molecular flexibility index (Phi) is 4.27. The van der Waals surface area contributed by atoms with Gasteiger partial charge in [-0.1, -0.05) is 24.3 Å². The van der Waals surface area contributed by atoms with Crippen LogP contribution in [0.5, 0.6) is 0 Å². The van der Waals surface area contributed by atoms with Crippen LogP contribution in [0, 0.1) is 5.82 Å². The van der Waals surface area contributed by atoms with Gasteiger partial charge in [0.2, 0.25) is 0 Å². The van der Waals surface area contributed by atoms with Gasteiger partial charge in [-0.3, -0.25) is 0 Å².